The first-order chi connectivity index (χ1) is 16.6. The van der Waals surface area contributed by atoms with Gasteiger partial charge in [-0.1, -0.05) is 6.07 Å². The highest BCUT2D eigenvalue weighted by Crippen LogP contribution is 2.36. The lowest BCUT2D eigenvalue weighted by Crippen LogP contribution is -2.61. The molecule has 3 aromatic rings. The largest absolute Gasteiger partial charge is 0.480 e. The van der Waals surface area contributed by atoms with Gasteiger partial charge in [0.05, 0.1) is 42.3 Å². The average molecular weight is 497 g/mol. The van der Waals surface area contributed by atoms with E-state index in [9.17, 15) is 18.8 Å². The number of pyridine rings is 2. The van der Waals surface area contributed by atoms with Crippen molar-refractivity contribution in [2.24, 2.45) is 0 Å². The average Bonchev–Trinajstić information content (AvgIpc) is 2.83. The number of piperazine rings is 1. The monoisotopic (exact) mass is 496 g/mol. The van der Waals surface area contributed by atoms with Gasteiger partial charge in [0.1, 0.15) is 11.8 Å². The van der Waals surface area contributed by atoms with Crippen molar-refractivity contribution in [1.82, 2.24) is 14.9 Å². The van der Waals surface area contributed by atoms with Crippen LogP contribution in [0.5, 0.6) is 5.88 Å². The fourth-order valence-electron chi connectivity index (χ4n) is 4.34. The van der Waals surface area contributed by atoms with Crippen molar-refractivity contribution in [3.8, 4) is 23.1 Å². The van der Waals surface area contributed by atoms with Crippen LogP contribution in [0.1, 0.15) is 12.5 Å². The third-order valence-corrected chi connectivity index (χ3v) is 7.04. The van der Waals surface area contributed by atoms with Gasteiger partial charge in [0.25, 0.3) is 0 Å². The van der Waals surface area contributed by atoms with Crippen LogP contribution in [0, 0.1) is 11.3 Å². The number of nitrogens with zero attached hydrogens (tertiary/aromatic N) is 5. The number of aliphatic hydroxyl groups excluding tert-OH is 1. The first-order valence-corrected chi connectivity index (χ1v) is 12.9. The molecule has 184 valence electrons. The highest BCUT2D eigenvalue weighted by atomic mass is 32.2. The zero-order chi connectivity index (χ0) is 25.4. The van der Waals surface area contributed by atoms with E-state index >= 15 is 0 Å². The number of rotatable bonds is 6. The number of hydrogen-bond donors (Lipinski definition) is 2. The van der Waals surface area contributed by atoms with Gasteiger partial charge in [0.2, 0.25) is 15.9 Å². The Balaban J connectivity index is 1.85. The summed E-state index contributed by atoms with van der Waals surface area (Å²) < 4.78 is 31.3. The van der Waals surface area contributed by atoms with Crippen molar-refractivity contribution in [2.45, 2.75) is 12.5 Å². The summed E-state index contributed by atoms with van der Waals surface area (Å²) in [5.74, 6) is 0.162. The number of anilines is 2. The van der Waals surface area contributed by atoms with Crippen LogP contribution in [0.2, 0.25) is 0 Å². The molecule has 1 aromatic carbocycles. The highest BCUT2D eigenvalue weighted by molar-refractivity contribution is 7.92. The lowest BCUT2D eigenvalue weighted by Gasteiger charge is -2.47. The number of methoxy groups -OCH3 is 1. The van der Waals surface area contributed by atoms with E-state index in [-0.39, 0.29) is 18.2 Å². The number of aliphatic hydroxyl groups is 1. The predicted molar refractivity (Wildman–Crippen MR) is 135 cm³/mol. The predicted octanol–water partition coefficient (Wildman–Crippen LogP) is 2.05. The van der Waals surface area contributed by atoms with Crippen LogP contribution in [0.3, 0.4) is 0 Å². The van der Waals surface area contributed by atoms with Crippen LogP contribution >= 0.6 is 0 Å². The van der Waals surface area contributed by atoms with Gasteiger partial charge in [-0.05, 0) is 37.7 Å². The number of sulfonamides is 1. The van der Waals surface area contributed by atoms with E-state index in [0.717, 1.165) is 35.0 Å². The Hall–Kier alpha value is -3.46. The molecule has 3 heterocycles. The summed E-state index contributed by atoms with van der Waals surface area (Å²) in [7, 11) is -0.133. The molecule has 10 nitrogen and oxygen atoms in total. The van der Waals surface area contributed by atoms with Crippen molar-refractivity contribution in [3.05, 3.63) is 42.2 Å². The summed E-state index contributed by atoms with van der Waals surface area (Å²) in [6, 6.07) is 9.60. The lowest BCUT2D eigenvalue weighted by atomic mass is 9.95. The van der Waals surface area contributed by atoms with Crippen LogP contribution in [0.25, 0.3) is 22.0 Å². The van der Waals surface area contributed by atoms with Crippen LogP contribution in [-0.2, 0) is 10.0 Å². The topological polar surface area (TPSA) is 132 Å². The van der Waals surface area contributed by atoms with E-state index in [1.165, 1.54) is 7.11 Å². The second-order valence-corrected chi connectivity index (χ2v) is 10.8. The van der Waals surface area contributed by atoms with Crippen molar-refractivity contribution < 1.29 is 18.3 Å². The molecule has 0 amide bonds. The summed E-state index contributed by atoms with van der Waals surface area (Å²) in [4.78, 5) is 13.0. The molecule has 11 heteroatoms. The Bertz CT molecular complexity index is 1420. The number of likely N-dealkylation sites (N-methyl/N-ethyl adjacent to an activating group) is 1. The minimum atomic E-state index is -3.54. The van der Waals surface area contributed by atoms with Crippen molar-refractivity contribution in [1.29, 1.82) is 5.26 Å². The molecule has 2 aromatic heterocycles. The molecule has 0 spiro atoms. The van der Waals surface area contributed by atoms with Gasteiger partial charge in [-0.3, -0.25) is 14.6 Å². The quantitative estimate of drug-likeness (QED) is 0.526. The van der Waals surface area contributed by atoms with Crippen LogP contribution in [0.4, 0.5) is 11.4 Å². The standard InChI is InChI=1S/C24H28N6O4S/c1-24(15-31)14-30(8-7-29(24)2)22-18(11-25)13-26-20-6-5-16(9-19(20)22)17-10-21(28-35(4,32)33)23(34-3)27-12-17/h5-6,9-10,12-13,28,31H,7-8,14-15H2,1-4H3. The fourth-order valence-corrected chi connectivity index (χ4v) is 4.89. The molecule has 2 N–H and O–H groups in total. The van der Waals surface area contributed by atoms with E-state index in [0.29, 0.717) is 24.2 Å². The van der Waals surface area contributed by atoms with Gasteiger partial charge < -0.3 is 14.7 Å². The maximum absolute atomic E-state index is 11.8. The zero-order valence-corrected chi connectivity index (χ0v) is 20.9. The number of nitriles is 1. The summed E-state index contributed by atoms with van der Waals surface area (Å²) >= 11 is 0. The maximum Gasteiger partial charge on any atom is 0.238 e. The molecular formula is C24H28N6O4S. The van der Waals surface area contributed by atoms with Gasteiger partial charge in [0, 0.05) is 43.0 Å². The molecule has 1 saturated heterocycles. The lowest BCUT2D eigenvalue weighted by molar-refractivity contribution is 0.0547. The summed E-state index contributed by atoms with van der Waals surface area (Å²) in [5.41, 5.74) is 3.17. The molecule has 1 unspecified atom stereocenters. The normalized spacial score (nSPS) is 18.9. The number of fused-ring (bicyclic) bond motifs is 1. The second-order valence-electron chi connectivity index (χ2n) is 9.02. The molecule has 1 atom stereocenters. The summed E-state index contributed by atoms with van der Waals surface area (Å²) in [6.45, 7) is 3.96. The van der Waals surface area contributed by atoms with Crippen molar-refractivity contribution in [2.75, 3.05) is 56.3 Å². The Kier molecular flexibility index (Phi) is 6.55. The number of nitrogens with one attached hydrogen (secondary N) is 1. The van der Waals surface area contributed by atoms with Crippen molar-refractivity contribution in [3.63, 3.8) is 0 Å². The minimum Gasteiger partial charge on any atom is -0.480 e. The van der Waals surface area contributed by atoms with Crippen LogP contribution in [-0.4, -0.2) is 80.6 Å². The maximum atomic E-state index is 11.8. The molecule has 0 radical (unpaired) electrons. The first-order valence-electron chi connectivity index (χ1n) is 11.0. The Morgan fingerprint density at radius 3 is 2.66 bits per heavy atom. The first kappa shape index (κ1) is 24.7. The number of hydrogen-bond acceptors (Lipinski definition) is 9. The molecule has 4 rings (SSSR count). The van der Waals surface area contributed by atoms with Gasteiger partial charge in [-0.15, -0.1) is 0 Å². The molecule has 1 fully saturated rings. The van der Waals surface area contributed by atoms with E-state index in [4.69, 9.17) is 4.74 Å². The summed E-state index contributed by atoms with van der Waals surface area (Å²) in [6.07, 6.45) is 4.25. The Morgan fingerprint density at radius 1 is 1.23 bits per heavy atom. The van der Waals surface area contributed by atoms with E-state index < -0.39 is 15.6 Å². The van der Waals surface area contributed by atoms with Crippen LogP contribution < -0.4 is 14.4 Å². The minimum absolute atomic E-state index is 0.0101. The van der Waals surface area contributed by atoms with Gasteiger partial charge in [0.15, 0.2) is 0 Å². The molecular weight excluding hydrogens is 468 g/mol. The van der Waals surface area contributed by atoms with E-state index in [1.807, 2.05) is 32.2 Å². The Labute approximate surface area is 204 Å². The molecule has 35 heavy (non-hydrogen) atoms. The van der Waals surface area contributed by atoms with Crippen LogP contribution in [0.15, 0.2) is 36.7 Å². The highest BCUT2D eigenvalue weighted by Gasteiger charge is 2.36. The van der Waals surface area contributed by atoms with Gasteiger partial charge >= 0.3 is 0 Å². The smallest absolute Gasteiger partial charge is 0.238 e. The van der Waals surface area contributed by atoms with E-state index in [2.05, 4.69) is 30.6 Å². The van der Waals surface area contributed by atoms with E-state index in [1.54, 1.807) is 18.5 Å². The Morgan fingerprint density at radius 2 is 2.00 bits per heavy atom. The molecule has 0 saturated carbocycles. The van der Waals surface area contributed by atoms with Crippen molar-refractivity contribution >= 4 is 32.3 Å². The molecule has 0 aliphatic carbocycles. The van der Waals surface area contributed by atoms with Gasteiger partial charge in [-0.25, -0.2) is 13.4 Å². The number of ether oxygens (including phenoxy) is 1. The summed E-state index contributed by atoms with van der Waals surface area (Å²) in [5, 5.41) is 20.7. The third-order valence-electron chi connectivity index (χ3n) is 6.45. The second kappa shape index (κ2) is 9.30. The zero-order valence-electron chi connectivity index (χ0n) is 20.1. The SMILES string of the molecule is COc1ncc(-c2ccc3ncc(C#N)c(N4CCN(C)C(C)(CO)C4)c3c2)cc1NS(C)(=O)=O. The molecule has 1 aliphatic rings. The van der Waals surface area contributed by atoms with Gasteiger partial charge in [-0.2, -0.15) is 5.26 Å². The number of aromatic nitrogens is 2. The number of benzene rings is 1. The molecule has 0 bridgehead atoms. The third kappa shape index (κ3) is 4.86. The molecule has 1 aliphatic heterocycles. The fraction of sp³-hybridized carbons (Fsp3) is 0.375.